The van der Waals surface area contributed by atoms with Crippen molar-refractivity contribution in [1.29, 1.82) is 0 Å². The van der Waals surface area contributed by atoms with Gasteiger partial charge in [0.1, 0.15) is 0 Å². The van der Waals surface area contributed by atoms with Crippen LogP contribution in [0.15, 0.2) is 54.6 Å². The maximum atomic E-state index is 10.9. The Morgan fingerprint density at radius 2 is 1.69 bits per heavy atom. The molecular formula is C27H45NO. The second kappa shape index (κ2) is 20.9. The van der Waals surface area contributed by atoms with Crippen molar-refractivity contribution in [3.63, 3.8) is 0 Å². The van der Waals surface area contributed by atoms with E-state index in [-0.39, 0.29) is 5.91 Å². The van der Waals surface area contributed by atoms with Crippen LogP contribution in [-0.4, -0.2) is 12.5 Å². The molecule has 1 amide bonds. The summed E-state index contributed by atoms with van der Waals surface area (Å²) in [6.45, 7) is 8.67. The molecule has 0 heterocycles. The Morgan fingerprint density at radius 1 is 1.03 bits per heavy atom. The van der Waals surface area contributed by atoms with Gasteiger partial charge in [0.05, 0.1) is 0 Å². The Morgan fingerprint density at radius 3 is 2.31 bits per heavy atom. The monoisotopic (exact) mass is 399 g/mol. The van der Waals surface area contributed by atoms with Crippen LogP contribution in [0.2, 0.25) is 0 Å². The van der Waals surface area contributed by atoms with Crippen LogP contribution >= 0.6 is 0 Å². The van der Waals surface area contributed by atoms with Crippen LogP contribution in [-0.2, 0) is 11.2 Å². The summed E-state index contributed by atoms with van der Waals surface area (Å²) >= 11 is 0. The van der Waals surface area contributed by atoms with Crippen molar-refractivity contribution in [3.05, 3.63) is 60.2 Å². The standard InChI is InChI=1S/C16H22.C9H17NO.C2H6/c1-3-9-15(10-4-1)11-5-2-6-12-16-13-7-8-14-16;1-3-5-6-7-8-9(11)10-4-2;1-2/h1,3-4,6,9-10,12,16H,2,5,7-8,11,13-14H2;3,5H,4,6-8H2,1-2H3,(H,10,11);1-2H3/b12-6+;5-3-;. The first-order valence-electron chi connectivity index (χ1n) is 11.8. The van der Waals surface area contributed by atoms with Gasteiger partial charge in [0.25, 0.3) is 0 Å². The maximum Gasteiger partial charge on any atom is 0.219 e. The summed E-state index contributed by atoms with van der Waals surface area (Å²) in [5.41, 5.74) is 1.47. The largest absolute Gasteiger partial charge is 0.356 e. The minimum absolute atomic E-state index is 0.164. The van der Waals surface area contributed by atoms with Crippen LogP contribution in [0.4, 0.5) is 0 Å². The first-order chi connectivity index (χ1) is 14.3. The number of benzene rings is 1. The zero-order chi connectivity index (χ0) is 21.6. The van der Waals surface area contributed by atoms with Gasteiger partial charge < -0.3 is 5.32 Å². The third kappa shape index (κ3) is 16.8. The van der Waals surface area contributed by atoms with Crippen molar-refractivity contribution in [2.75, 3.05) is 6.54 Å². The Labute approximate surface area is 180 Å². The molecule has 164 valence electrons. The van der Waals surface area contributed by atoms with Gasteiger partial charge in [-0.15, -0.1) is 0 Å². The fourth-order valence-corrected chi connectivity index (χ4v) is 3.34. The minimum Gasteiger partial charge on any atom is -0.356 e. The van der Waals surface area contributed by atoms with E-state index in [2.05, 4.69) is 53.9 Å². The van der Waals surface area contributed by atoms with E-state index in [1.807, 2.05) is 33.8 Å². The van der Waals surface area contributed by atoms with Gasteiger partial charge in [-0.1, -0.05) is 81.3 Å². The summed E-state index contributed by atoms with van der Waals surface area (Å²) in [6, 6.07) is 10.8. The fourth-order valence-electron chi connectivity index (χ4n) is 3.34. The van der Waals surface area contributed by atoms with Crippen molar-refractivity contribution in [2.45, 2.75) is 91.9 Å². The van der Waals surface area contributed by atoms with Gasteiger partial charge in [0.15, 0.2) is 0 Å². The van der Waals surface area contributed by atoms with Crippen LogP contribution in [0.1, 0.15) is 91.0 Å². The highest BCUT2D eigenvalue weighted by molar-refractivity contribution is 5.75. The predicted molar refractivity (Wildman–Crippen MR) is 129 cm³/mol. The average molecular weight is 400 g/mol. The lowest BCUT2D eigenvalue weighted by molar-refractivity contribution is -0.121. The number of carbonyl (C=O) groups excluding carboxylic acids is 1. The summed E-state index contributed by atoms with van der Waals surface area (Å²) in [5.74, 6) is 1.06. The second-order valence-corrected chi connectivity index (χ2v) is 7.27. The quantitative estimate of drug-likeness (QED) is 0.318. The average Bonchev–Trinajstić information content (AvgIpc) is 3.28. The molecule has 0 aromatic heterocycles. The molecule has 2 nitrogen and oxygen atoms in total. The van der Waals surface area contributed by atoms with Gasteiger partial charge in [0.2, 0.25) is 5.91 Å². The highest BCUT2D eigenvalue weighted by Crippen LogP contribution is 2.25. The number of allylic oxidation sites excluding steroid dienone is 4. The molecular weight excluding hydrogens is 354 g/mol. The van der Waals surface area contributed by atoms with E-state index in [1.54, 1.807) is 0 Å². The molecule has 0 radical (unpaired) electrons. The molecule has 1 saturated carbocycles. The first-order valence-corrected chi connectivity index (χ1v) is 11.8. The molecule has 0 spiro atoms. The Balaban J connectivity index is 0.000000532. The maximum absolute atomic E-state index is 10.9. The van der Waals surface area contributed by atoms with E-state index in [0.717, 1.165) is 25.3 Å². The molecule has 1 aromatic carbocycles. The molecule has 0 bridgehead atoms. The predicted octanol–water partition coefficient (Wildman–Crippen LogP) is 7.65. The molecule has 1 N–H and O–H groups in total. The summed E-state index contributed by atoms with van der Waals surface area (Å²) in [5, 5.41) is 2.76. The summed E-state index contributed by atoms with van der Waals surface area (Å²) in [7, 11) is 0. The summed E-state index contributed by atoms with van der Waals surface area (Å²) in [4.78, 5) is 10.9. The van der Waals surface area contributed by atoms with Crippen molar-refractivity contribution < 1.29 is 4.79 Å². The lowest BCUT2D eigenvalue weighted by Gasteiger charge is -2.01. The molecule has 0 aliphatic heterocycles. The van der Waals surface area contributed by atoms with Crippen LogP contribution in [0.5, 0.6) is 0 Å². The first kappa shape index (κ1) is 27.2. The molecule has 1 aliphatic carbocycles. The van der Waals surface area contributed by atoms with Gasteiger partial charge in [-0.05, 0) is 70.3 Å². The number of hydrogen-bond donors (Lipinski definition) is 1. The van der Waals surface area contributed by atoms with Gasteiger partial charge in [-0.3, -0.25) is 4.79 Å². The summed E-state index contributed by atoms with van der Waals surface area (Å²) in [6.07, 6.45) is 21.0. The minimum atomic E-state index is 0.164. The van der Waals surface area contributed by atoms with E-state index >= 15 is 0 Å². The van der Waals surface area contributed by atoms with E-state index in [0.29, 0.717) is 6.42 Å². The molecule has 0 unspecified atom stereocenters. The number of nitrogens with one attached hydrogen (secondary N) is 1. The number of hydrogen-bond acceptors (Lipinski definition) is 1. The molecule has 0 saturated heterocycles. The second-order valence-electron chi connectivity index (χ2n) is 7.27. The van der Waals surface area contributed by atoms with Crippen LogP contribution in [0.25, 0.3) is 0 Å². The number of amides is 1. The van der Waals surface area contributed by atoms with Gasteiger partial charge in [-0.25, -0.2) is 0 Å². The molecule has 1 fully saturated rings. The zero-order valence-corrected chi connectivity index (χ0v) is 19.5. The van der Waals surface area contributed by atoms with Crippen LogP contribution in [0.3, 0.4) is 0 Å². The SMILES string of the molecule is C(=C\C1CCCC1)/CCCc1ccccc1.C/C=C\CCCC(=O)NCC.CC. The lowest BCUT2D eigenvalue weighted by Crippen LogP contribution is -2.21. The Kier molecular flexibility index (Phi) is 19.6. The van der Waals surface area contributed by atoms with Gasteiger partial charge in [0, 0.05) is 13.0 Å². The lowest BCUT2D eigenvalue weighted by atomic mass is 10.1. The molecule has 2 heteroatoms. The van der Waals surface area contributed by atoms with Crippen molar-refractivity contribution in [1.82, 2.24) is 5.32 Å². The van der Waals surface area contributed by atoms with Crippen LogP contribution in [0, 0.1) is 5.92 Å². The smallest absolute Gasteiger partial charge is 0.219 e. The van der Waals surface area contributed by atoms with E-state index in [4.69, 9.17) is 0 Å². The summed E-state index contributed by atoms with van der Waals surface area (Å²) < 4.78 is 0. The zero-order valence-electron chi connectivity index (χ0n) is 19.5. The highest BCUT2D eigenvalue weighted by Gasteiger charge is 2.10. The number of unbranched alkanes of at least 4 members (excludes halogenated alkanes) is 2. The highest BCUT2D eigenvalue weighted by atomic mass is 16.1. The van der Waals surface area contributed by atoms with E-state index in [1.165, 1.54) is 50.5 Å². The third-order valence-electron chi connectivity index (χ3n) is 4.87. The van der Waals surface area contributed by atoms with Gasteiger partial charge >= 0.3 is 0 Å². The van der Waals surface area contributed by atoms with E-state index < -0.39 is 0 Å². The molecule has 1 aliphatic rings. The number of carbonyl (C=O) groups is 1. The topological polar surface area (TPSA) is 29.1 Å². The molecule has 2 rings (SSSR count). The van der Waals surface area contributed by atoms with Crippen molar-refractivity contribution in [3.8, 4) is 0 Å². The molecule has 0 atom stereocenters. The molecule has 1 aromatic rings. The Hall–Kier alpha value is -1.83. The number of rotatable bonds is 10. The van der Waals surface area contributed by atoms with Crippen LogP contribution < -0.4 is 5.32 Å². The van der Waals surface area contributed by atoms with Crippen molar-refractivity contribution in [2.24, 2.45) is 5.92 Å². The van der Waals surface area contributed by atoms with E-state index in [9.17, 15) is 4.79 Å². The number of aryl methyl sites for hydroxylation is 1. The normalized spacial score (nSPS) is 13.7. The fraction of sp³-hybridized carbons (Fsp3) is 0.593. The van der Waals surface area contributed by atoms with Crippen molar-refractivity contribution >= 4 is 5.91 Å². The Bertz CT molecular complexity index is 527. The third-order valence-corrected chi connectivity index (χ3v) is 4.87. The van der Waals surface area contributed by atoms with Gasteiger partial charge in [-0.2, -0.15) is 0 Å². The molecule has 29 heavy (non-hydrogen) atoms.